The van der Waals surface area contributed by atoms with E-state index in [0.29, 0.717) is 51.4 Å². The van der Waals surface area contributed by atoms with Gasteiger partial charge in [0, 0.05) is 140 Å². The monoisotopic (exact) mass is 1750 g/mol. The zero-order valence-electron chi connectivity index (χ0n) is 81.0. The van der Waals surface area contributed by atoms with Crippen molar-refractivity contribution in [2.75, 3.05) is 6.61 Å². The second-order valence-corrected chi connectivity index (χ2v) is 42.5. The Morgan fingerprint density at radius 3 is 1.48 bits per heavy atom. The van der Waals surface area contributed by atoms with Crippen molar-refractivity contribution in [2.24, 2.45) is 0 Å². The smallest absolute Gasteiger partial charge is 0.345 e. The predicted octanol–water partition coefficient (Wildman–Crippen LogP) is 25.9. The Morgan fingerprint density at radius 1 is 0.438 bits per heavy atom. The van der Waals surface area contributed by atoms with Gasteiger partial charge in [0.2, 0.25) is 0 Å². The van der Waals surface area contributed by atoms with Crippen molar-refractivity contribution in [1.82, 2.24) is 92.9 Å². The van der Waals surface area contributed by atoms with Crippen LogP contribution in [0.25, 0.3) is 44.0 Å². The lowest BCUT2D eigenvalue weighted by atomic mass is 9.87. The molecule has 0 spiro atoms. The van der Waals surface area contributed by atoms with Crippen molar-refractivity contribution in [2.45, 2.75) is 344 Å². The molecule has 0 saturated heterocycles. The number of rotatable bonds is 9. The van der Waals surface area contributed by atoms with Gasteiger partial charge in [-0.1, -0.05) is 264 Å². The van der Waals surface area contributed by atoms with Crippen LogP contribution in [0.3, 0.4) is 0 Å². The number of nitrogens with zero attached hydrogens (tertiary/aromatic N) is 19. The van der Waals surface area contributed by atoms with Gasteiger partial charge in [0.15, 0.2) is 11.3 Å². The highest BCUT2D eigenvalue weighted by Gasteiger charge is 2.37. The predicted molar refractivity (Wildman–Crippen MR) is 508 cm³/mol. The summed E-state index contributed by atoms with van der Waals surface area (Å²) in [5.41, 5.74) is 16.3. The lowest BCUT2D eigenvalue weighted by Gasteiger charge is -2.25. The second kappa shape index (κ2) is 38.2. The first-order chi connectivity index (χ1) is 59.9. The summed E-state index contributed by atoms with van der Waals surface area (Å²) >= 11 is 0. The molecule has 24 heteroatoms. The summed E-state index contributed by atoms with van der Waals surface area (Å²) in [7, 11) is 0. The fraction of sp³-hybridized carbons (Fsp3) is 0.519. The van der Waals surface area contributed by atoms with E-state index in [4.69, 9.17) is 25.0 Å². The van der Waals surface area contributed by atoms with Gasteiger partial charge in [-0.3, -0.25) is 23.6 Å². The number of fused-ring (bicyclic) bond motifs is 7. The molecule has 1 saturated carbocycles. The summed E-state index contributed by atoms with van der Waals surface area (Å²) in [6, 6.07) is 37.8. The molecule has 18 rings (SSSR count). The lowest BCUT2D eigenvalue weighted by Crippen LogP contribution is -2.24. The molecule has 11 aromatic heterocycles. The molecule has 3 aromatic carbocycles. The average Bonchev–Trinajstić information content (AvgIpc) is 1.61. The molecule has 0 amide bonds. The van der Waals surface area contributed by atoms with Crippen molar-refractivity contribution in [3.05, 3.63) is 250 Å². The molecule has 0 radical (unpaired) electrons. The maximum absolute atomic E-state index is 13.8. The molecule has 20 nitrogen and oxygen atoms in total. The van der Waals surface area contributed by atoms with Gasteiger partial charge in [0.05, 0.1) is 76.7 Å². The highest BCUT2D eigenvalue weighted by molar-refractivity contribution is 5.80. The quantitative estimate of drug-likeness (QED) is 0.124. The number of hydrogen-bond donors (Lipinski definition) is 0. The zero-order chi connectivity index (χ0) is 93.2. The molecule has 3 aliphatic heterocycles. The van der Waals surface area contributed by atoms with Gasteiger partial charge in [0.25, 0.3) is 0 Å². The van der Waals surface area contributed by atoms with Gasteiger partial charge in [-0.2, -0.15) is 47.7 Å². The van der Waals surface area contributed by atoms with E-state index in [-0.39, 0.29) is 62.5 Å². The number of hydrogen-bond acceptors (Lipinski definition) is 13. The Kier molecular flexibility index (Phi) is 28.8. The molecule has 14 aromatic rings. The van der Waals surface area contributed by atoms with Gasteiger partial charge in [-0.05, 0) is 112 Å². The Hall–Kier alpha value is -10.6. The number of pyridine rings is 1. The normalized spacial score (nSPS) is 16.9. The molecular weight excluding hydrogens is 1610 g/mol. The van der Waals surface area contributed by atoms with Crippen LogP contribution in [0.4, 0.5) is 17.6 Å². The minimum absolute atomic E-state index is 0.000267. The van der Waals surface area contributed by atoms with E-state index < -0.39 is 12.1 Å². The average molecular weight is 1750 g/mol. The van der Waals surface area contributed by atoms with Crippen LogP contribution in [0.1, 0.15) is 353 Å². The highest BCUT2D eigenvalue weighted by Crippen LogP contribution is 2.43. The van der Waals surface area contributed by atoms with Crippen LogP contribution in [0.15, 0.2) is 171 Å². The van der Waals surface area contributed by atoms with Crippen LogP contribution in [0.5, 0.6) is 0 Å². The Labute approximate surface area is 756 Å². The van der Waals surface area contributed by atoms with Gasteiger partial charge in [-0.25, -0.2) is 34.6 Å². The second-order valence-electron chi connectivity index (χ2n) is 42.5. The highest BCUT2D eigenvalue weighted by atomic mass is 19.3. The van der Waals surface area contributed by atoms with Crippen LogP contribution in [-0.4, -0.2) is 99.5 Å². The Balaban J connectivity index is 0.000000136. The topological polar surface area (TPSA) is 198 Å². The lowest BCUT2D eigenvalue weighted by molar-refractivity contribution is -0.0915. The molecule has 684 valence electrons. The Morgan fingerprint density at radius 2 is 0.922 bits per heavy atom. The molecule has 1 aliphatic carbocycles. The van der Waals surface area contributed by atoms with E-state index in [9.17, 15) is 17.6 Å². The summed E-state index contributed by atoms with van der Waals surface area (Å²) in [5, 5.41) is 26.1. The minimum atomic E-state index is -3.02. The molecular formula is C104H139F4N19O. The zero-order valence-corrected chi connectivity index (χ0v) is 81.0. The van der Waals surface area contributed by atoms with Gasteiger partial charge >= 0.3 is 12.1 Å². The number of halogens is 4. The third kappa shape index (κ3) is 22.4. The first kappa shape index (κ1) is 96.5. The van der Waals surface area contributed by atoms with E-state index in [1.54, 1.807) is 18.3 Å². The molecule has 4 unspecified atom stereocenters. The number of aromatic nitrogens is 19. The molecule has 4 atom stereocenters. The molecule has 128 heavy (non-hydrogen) atoms. The number of benzene rings is 3. The third-order valence-corrected chi connectivity index (χ3v) is 24.2. The summed E-state index contributed by atoms with van der Waals surface area (Å²) in [5.74, 6) is 3.44. The largest absolute Gasteiger partial charge is 0.365 e. The summed E-state index contributed by atoms with van der Waals surface area (Å²) < 4.78 is 73.7. The SMILES string of the molecule is CC(C)(C)c1cc2n(n1)CCCC2c1ccccc1.CC(C)(C)c1ncc2cnn(C3CCCC3)c2n1.CC(C)n1ccc2cnc(C(C)(C)C)nc21.CC1CC(c2ccccc2)n2nc(C(C)(C)C)cc21.CCC(F)(F)n1ccc2cnc(C(C)(C)C)cc21.CCC(F)(F)n1ncc2cnc(C(C)(C)C)nc21.Cc1ccccc1C1OCCn2nc(C(C)(C)C)cc21. The van der Waals surface area contributed by atoms with Crippen LogP contribution < -0.4 is 0 Å². The van der Waals surface area contributed by atoms with E-state index in [0.717, 1.165) is 81.2 Å². The molecule has 0 N–H and O–H groups in total. The van der Waals surface area contributed by atoms with Gasteiger partial charge < -0.3 is 9.30 Å². The van der Waals surface area contributed by atoms with Gasteiger partial charge in [0.1, 0.15) is 29.2 Å². The van der Waals surface area contributed by atoms with E-state index in [1.807, 2.05) is 60.1 Å². The molecule has 0 bridgehead atoms. The van der Waals surface area contributed by atoms with Crippen LogP contribution in [0.2, 0.25) is 0 Å². The van der Waals surface area contributed by atoms with Crippen molar-refractivity contribution in [1.29, 1.82) is 0 Å². The van der Waals surface area contributed by atoms with Crippen LogP contribution in [-0.2, 0) is 67.8 Å². The van der Waals surface area contributed by atoms with Crippen molar-refractivity contribution < 1.29 is 22.3 Å². The summed E-state index contributed by atoms with van der Waals surface area (Å²) in [6.07, 6.45) is 22.0. The van der Waals surface area contributed by atoms with E-state index in [2.05, 4.69) is 310 Å². The van der Waals surface area contributed by atoms with Crippen LogP contribution in [0, 0.1) is 6.92 Å². The third-order valence-electron chi connectivity index (χ3n) is 24.2. The van der Waals surface area contributed by atoms with E-state index in [1.165, 1.54) is 122 Å². The Bertz CT molecular complexity index is 5900. The van der Waals surface area contributed by atoms with Gasteiger partial charge in [-0.15, -0.1) is 0 Å². The fourth-order valence-corrected chi connectivity index (χ4v) is 16.2. The summed E-state index contributed by atoms with van der Waals surface area (Å²) in [4.78, 5) is 31.1. The molecule has 1 fully saturated rings. The van der Waals surface area contributed by atoms with E-state index >= 15 is 0 Å². The number of ether oxygens (including phenoxy) is 1. The van der Waals surface area contributed by atoms with Crippen molar-refractivity contribution >= 4 is 44.0 Å². The molecule has 4 aliphatic rings. The molecule has 14 heterocycles. The first-order valence-electron chi connectivity index (χ1n) is 46.0. The maximum atomic E-state index is 13.8. The summed E-state index contributed by atoms with van der Waals surface area (Å²) in [6.45, 7) is 59.0. The minimum Gasteiger partial charge on any atom is -0.365 e. The van der Waals surface area contributed by atoms with Crippen molar-refractivity contribution in [3.63, 3.8) is 0 Å². The standard InChI is InChI=1S/C17H22N2O.2C17H22N2.C14H18F2N2.C14H20N4.C13H19N3.C12H16F2N4/c1-12-7-5-6-8-13(12)16-14-11-15(17(2,3)4)18-19(14)9-10-20-16;1-12-10-15(13-8-6-5-7-9-13)19-14(12)11-16(18-19)17(2,3)4;1-17(2,3)16-12-15-14(10-7-11-19(15)18-16)13-8-5-4-6-9-13;1-5-14(15,16)18-7-6-10-9-17-12(8-11(10)18)13(2,3)4;1-14(2,3)13-15-8-10-9-16-18(12(10)17-13)11-6-4-5-7-11;1-9(2)16-7-6-10-8-14-12(13(3,4)5)15-11(10)16;1-5-12(13,14)18-9-8(7-16-18)6-15-10(17-9)11(2,3)4/h5-8,11,16H,9-10H2,1-4H3;5-9,11-12,15H,10H2,1-4H3;4-6,8-9,12,14H,7,10-11H2,1-3H3;6-9H,5H2,1-4H3;8-9,11H,4-7H2,1-3H3;6-9H,1-5H3;6-7H,5H2,1-4H3. The maximum Gasteiger partial charge on any atom is 0.345 e. The number of alkyl halides is 4. The van der Waals surface area contributed by atoms with Crippen LogP contribution >= 0.6 is 0 Å². The fourth-order valence-electron chi connectivity index (χ4n) is 16.2. The first-order valence-corrected chi connectivity index (χ1v) is 46.0. The number of aryl methyl sites for hydroxylation is 2. The van der Waals surface area contributed by atoms with Crippen molar-refractivity contribution in [3.8, 4) is 0 Å².